The Morgan fingerprint density at radius 3 is 2.88 bits per heavy atom. The maximum Gasteiger partial charge on any atom is 0.276 e. The third-order valence-corrected chi connectivity index (χ3v) is 6.43. The molecule has 2 aliphatic rings. The highest BCUT2D eigenvalue weighted by atomic mass is 19.1. The van der Waals surface area contributed by atoms with Crippen LogP contribution < -0.4 is 5.56 Å². The number of carbonyl (C=O) groups excluding carboxylic acids is 1. The molecule has 9 heteroatoms. The van der Waals surface area contributed by atoms with Crippen molar-refractivity contribution in [3.63, 3.8) is 0 Å². The highest BCUT2D eigenvalue weighted by Crippen LogP contribution is 2.33. The van der Waals surface area contributed by atoms with Crippen LogP contribution in [0.5, 0.6) is 0 Å². The normalized spacial score (nSPS) is 18.9. The standard InChI is InChI=1S/C23H26FN5O3/c1-32-14-22(30)28-10-8-17-19(13-28)25-21-11-18(26-29(21)23(17)31)20-3-2-9-27(20)12-15-4-6-16(24)7-5-15/h4-7,11,20,26H,2-3,8-10,12-14H2,1H3. The summed E-state index contributed by atoms with van der Waals surface area (Å²) in [6.07, 6.45) is 2.51. The Bertz CT molecular complexity index is 1200. The maximum atomic E-state index is 13.2. The molecule has 0 bridgehead atoms. The van der Waals surface area contributed by atoms with Crippen molar-refractivity contribution in [3.05, 3.63) is 69.0 Å². The van der Waals surface area contributed by atoms with E-state index in [-0.39, 0.29) is 29.9 Å². The van der Waals surface area contributed by atoms with Gasteiger partial charge in [-0.15, -0.1) is 0 Å². The summed E-state index contributed by atoms with van der Waals surface area (Å²) in [6, 6.07) is 8.67. The molecule has 0 radical (unpaired) electrons. The fourth-order valence-electron chi connectivity index (χ4n) is 4.80. The van der Waals surface area contributed by atoms with Crippen molar-refractivity contribution in [3.8, 4) is 0 Å². The Morgan fingerprint density at radius 1 is 1.28 bits per heavy atom. The predicted molar refractivity (Wildman–Crippen MR) is 116 cm³/mol. The number of rotatable bonds is 5. The summed E-state index contributed by atoms with van der Waals surface area (Å²) in [5.74, 6) is -0.337. The van der Waals surface area contributed by atoms with Crippen LogP contribution in [-0.4, -0.2) is 57.1 Å². The lowest BCUT2D eigenvalue weighted by atomic mass is 10.1. The minimum atomic E-state index is -0.237. The Labute approximate surface area is 184 Å². The fourth-order valence-corrected chi connectivity index (χ4v) is 4.80. The molecule has 0 aliphatic carbocycles. The van der Waals surface area contributed by atoms with Gasteiger partial charge in [-0.2, -0.15) is 0 Å². The molecular formula is C23H26FN5O3. The van der Waals surface area contributed by atoms with Crippen molar-refractivity contribution in [1.29, 1.82) is 0 Å². The van der Waals surface area contributed by atoms with E-state index in [2.05, 4.69) is 10.00 Å². The van der Waals surface area contributed by atoms with Crippen LogP contribution in [0.4, 0.5) is 4.39 Å². The van der Waals surface area contributed by atoms with Crippen LogP contribution in [0.25, 0.3) is 5.65 Å². The van der Waals surface area contributed by atoms with E-state index in [4.69, 9.17) is 9.72 Å². The molecule has 8 nitrogen and oxygen atoms in total. The van der Waals surface area contributed by atoms with Crippen molar-refractivity contribution < 1.29 is 13.9 Å². The first-order valence-electron chi connectivity index (χ1n) is 10.9. The summed E-state index contributed by atoms with van der Waals surface area (Å²) >= 11 is 0. The molecule has 5 rings (SSSR count). The van der Waals surface area contributed by atoms with Crippen molar-refractivity contribution in [2.75, 3.05) is 26.8 Å². The molecule has 1 aromatic carbocycles. The zero-order valence-electron chi connectivity index (χ0n) is 18.0. The number of amides is 1. The number of nitrogens with one attached hydrogen (secondary N) is 1. The summed E-state index contributed by atoms with van der Waals surface area (Å²) in [7, 11) is 1.49. The van der Waals surface area contributed by atoms with Gasteiger partial charge in [0.25, 0.3) is 5.56 Å². The van der Waals surface area contributed by atoms with E-state index in [9.17, 15) is 14.0 Å². The van der Waals surface area contributed by atoms with Gasteiger partial charge in [-0.05, 0) is 43.5 Å². The van der Waals surface area contributed by atoms with Gasteiger partial charge < -0.3 is 9.64 Å². The number of ether oxygens (including phenoxy) is 1. The average Bonchev–Trinajstić information content (AvgIpc) is 3.42. The first-order chi connectivity index (χ1) is 15.5. The van der Waals surface area contributed by atoms with Gasteiger partial charge in [-0.1, -0.05) is 12.1 Å². The molecule has 4 heterocycles. The molecule has 32 heavy (non-hydrogen) atoms. The predicted octanol–water partition coefficient (Wildman–Crippen LogP) is 2.03. The number of benzene rings is 1. The van der Waals surface area contributed by atoms with Crippen molar-refractivity contribution >= 4 is 11.6 Å². The Balaban J connectivity index is 1.42. The quantitative estimate of drug-likeness (QED) is 0.658. The van der Waals surface area contributed by atoms with Gasteiger partial charge in [-0.3, -0.25) is 19.6 Å². The molecule has 0 spiro atoms. The summed E-state index contributed by atoms with van der Waals surface area (Å²) in [6.45, 7) is 2.49. The molecule has 0 saturated carbocycles. The first kappa shape index (κ1) is 20.8. The van der Waals surface area contributed by atoms with Gasteiger partial charge in [0.1, 0.15) is 12.4 Å². The second kappa shape index (κ2) is 8.48. The summed E-state index contributed by atoms with van der Waals surface area (Å²) in [4.78, 5) is 34.1. The first-order valence-corrected chi connectivity index (χ1v) is 10.9. The van der Waals surface area contributed by atoms with E-state index in [1.54, 1.807) is 4.90 Å². The van der Waals surface area contributed by atoms with E-state index in [1.807, 2.05) is 18.2 Å². The molecule has 1 fully saturated rings. The Hall–Kier alpha value is -3.04. The summed E-state index contributed by atoms with van der Waals surface area (Å²) in [5.41, 5.74) is 3.79. The molecule has 3 aromatic rings. The number of hydrogen-bond donors (Lipinski definition) is 1. The van der Waals surface area contributed by atoms with Gasteiger partial charge in [0.05, 0.1) is 24.0 Å². The van der Waals surface area contributed by atoms with Crippen LogP contribution >= 0.6 is 0 Å². The largest absolute Gasteiger partial charge is 0.375 e. The van der Waals surface area contributed by atoms with E-state index in [1.165, 1.54) is 23.8 Å². The number of methoxy groups -OCH3 is 1. The number of aromatic nitrogens is 3. The summed E-state index contributed by atoms with van der Waals surface area (Å²) in [5, 5.41) is 3.27. The third kappa shape index (κ3) is 3.82. The van der Waals surface area contributed by atoms with Crippen molar-refractivity contribution in [2.24, 2.45) is 0 Å². The molecule has 1 saturated heterocycles. The number of aromatic amines is 1. The van der Waals surface area contributed by atoms with Crippen LogP contribution in [0.2, 0.25) is 0 Å². The topological polar surface area (TPSA) is 82.9 Å². The van der Waals surface area contributed by atoms with E-state index >= 15 is 0 Å². The van der Waals surface area contributed by atoms with Crippen LogP contribution in [-0.2, 0) is 29.0 Å². The SMILES string of the molecule is COCC(=O)N1CCc2c(nc3cc(C4CCCN4Cc4ccc(F)cc4)[nH]n3c2=O)C1. The monoisotopic (exact) mass is 439 g/mol. The van der Waals surface area contributed by atoms with Gasteiger partial charge >= 0.3 is 0 Å². The smallest absolute Gasteiger partial charge is 0.276 e. The number of H-pyrrole nitrogens is 1. The van der Waals surface area contributed by atoms with Gasteiger partial charge in [0.2, 0.25) is 5.91 Å². The second-order valence-corrected chi connectivity index (χ2v) is 8.50. The van der Waals surface area contributed by atoms with E-state index < -0.39 is 0 Å². The number of carbonyl (C=O) groups is 1. The van der Waals surface area contributed by atoms with Gasteiger partial charge in [0, 0.05) is 31.8 Å². The summed E-state index contributed by atoms with van der Waals surface area (Å²) < 4.78 is 19.7. The number of halogens is 1. The third-order valence-electron chi connectivity index (χ3n) is 6.43. The van der Waals surface area contributed by atoms with Gasteiger partial charge in [-0.25, -0.2) is 13.9 Å². The maximum absolute atomic E-state index is 13.2. The highest BCUT2D eigenvalue weighted by molar-refractivity contribution is 5.77. The Kier molecular flexibility index (Phi) is 5.52. The lowest BCUT2D eigenvalue weighted by Gasteiger charge is -2.27. The van der Waals surface area contributed by atoms with Crippen LogP contribution in [0.15, 0.2) is 35.1 Å². The lowest BCUT2D eigenvalue weighted by molar-refractivity contribution is -0.136. The second-order valence-electron chi connectivity index (χ2n) is 8.50. The number of nitrogens with zero attached hydrogens (tertiary/aromatic N) is 4. The average molecular weight is 439 g/mol. The number of fused-ring (bicyclic) bond motifs is 2. The van der Waals surface area contributed by atoms with Crippen LogP contribution in [0.3, 0.4) is 0 Å². The van der Waals surface area contributed by atoms with Crippen molar-refractivity contribution in [1.82, 2.24) is 24.4 Å². The molecule has 1 amide bonds. The van der Waals surface area contributed by atoms with Crippen LogP contribution in [0, 0.1) is 5.82 Å². The zero-order chi connectivity index (χ0) is 22.2. The molecule has 168 valence electrons. The highest BCUT2D eigenvalue weighted by Gasteiger charge is 2.29. The molecule has 1 atom stereocenters. The Morgan fingerprint density at radius 2 is 2.09 bits per heavy atom. The minimum absolute atomic E-state index is 0.0242. The van der Waals surface area contributed by atoms with Gasteiger partial charge in [0.15, 0.2) is 5.65 Å². The van der Waals surface area contributed by atoms with Crippen molar-refractivity contribution in [2.45, 2.75) is 38.4 Å². The van der Waals surface area contributed by atoms with Crippen LogP contribution in [0.1, 0.15) is 41.4 Å². The molecule has 1 N–H and O–H groups in total. The molecule has 2 aromatic heterocycles. The van der Waals surface area contributed by atoms with E-state index in [0.29, 0.717) is 36.4 Å². The zero-order valence-corrected chi connectivity index (χ0v) is 18.0. The number of likely N-dealkylation sites (tertiary alicyclic amines) is 1. The fraction of sp³-hybridized carbons (Fsp3) is 0.435. The number of hydrogen-bond acceptors (Lipinski definition) is 5. The molecule has 2 aliphatic heterocycles. The molecular weight excluding hydrogens is 413 g/mol. The molecule has 1 unspecified atom stereocenters. The lowest BCUT2D eigenvalue weighted by Crippen LogP contribution is -2.41. The minimum Gasteiger partial charge on any atom is -0.375 e. The van der Waals surface area contributed by atoms with E-state index in [0.717, 1.165) is 37.2 Å².